The van der Waals surface area contributed by atoms with Crippen molar-refractivity contribution in [1.82, 2.24) is 15.2 Å². The number of amides is 1. The molecule has 0 fully saturated rings. The van der Waals surface area contributed by atoms with Gasteiger partial charge in [-0.25, -0.2) is 4.98 Å². The first-order valence-electron chi connectivity index (χ1n) is 12.1. The molecule has 1 aliphatic rings. The lowest BCUT2D eigenvalue weighted by Gasteiger charge is -2.27. The van der Waals surface area contributed by atoms with Crippen LogP contribution < -0.4 is 19.1 Å². The molecular weight excluding hydrogens is 510 g/mol. The minimum absolute atomic E-state index is 0.0301. The molecule has 1 aliphatic heterocycles. The van der Waals surface area contributed by atoms with Gasteiger partial charge >= 0.3 is 10.1 Å². The van der Waals surface area contributed by atoms with Crippen LogP contribution in [0.4, 0.5) is 5.69 Å². The number of ether oxygens (including phenoxy) is 1. The van der Waals surface area contributed by atoms with E-state index in [0.717, 1.165) is 6.26 Å². The number of hydrogen-bond acceptors (Lipinski definition) is 9. The van der Waals surface area contributed by atoms with E-state index < -0.39 is 21.4 Å². The molecular formula is C26H35N5O6S. The van der Waals surface area contributed by atoms with E-state index >= 15 is 0 Å². The van der Waals surface area contributed by atoms with Crippen molar-refractivity contribution in [3.05, 3.63) is 46.3 Å². The Labute approximate surface area is 223 Å². The largest absolute Gasteiger partial charge is 0.491 e. The molecule has 3 rings (SSSR count). The number of pyridine rings is 1. The molecule has 2 aromatic rings. The van der Waals surface area contributed by atoms with E-state index in [1.165, 1.54) is 7.05 Å². The van der Waals surface area contributed by atoms with Crippen LogP contribution >= 0.6 is 0 Å². The minimum Gasteiger partial charge on any atom is -0.491 e. The van der Waals surface area contributed by atoms with Gasteiger partial charge in [0.05, 0.1) is 25.1 Å². The van der Waals surface area contributed by atoms with Crippen LogP contribution in [0.25, 0.3) is 0 Å². The number of Topliss-reactive ketones (excluding diaryl/α,β-unsaturated/α-hetero) is 1. The number of aromatic nitrogens is 1. The summed E-state index contributed by atoms with van der Waals surface area (Å²) >= 11 is 0. The van der Waals surface area contributed by atoms with Crippen LogP contribution in [0.15, 0.2) is 18.2 Å². The standard InChI is InChI=1S/C26H35N5O6S/c1-9-36-20-12-16-13-31(24(27)21(16)29-22(20)25(33)28-5)14-19(32)15-10-17(26(2,3)4)23(37-38(8,34)35)18(11-15)30(6)7/h10-12,27H,9,13-14H2,1-8H3,(H,28,33). The van der Waals surface area contributed by atoms with Gasteiger partial charge in [0.1, 0.15) is 11.5 Å². The number of carbonyl (C=O) groups excluding carboxylic acids is 2. The number of rotatable bonds is 9. The van der Waals surface area contributed by atoms with Gasteiger partial charge in [0, 0.05) is 44.4 Å². The molecule has 0 saturated carbocycles. The average Bonchev–Trinajstić information content (AvgIpc) is 3.10. The highest BCUT2D eigenvalue weighted by Crippen LogP contribution is 2.40. The van der Waals surface area contributed by atoms with Crippen LogP contribution in [0.3, 0.4) is 0 Å². The number of carbonyl (C=O) groups is 2. The average molecular weight is 546 g/mol. The van der Waals surface area contributed by atoms with E-state index in [0.29, 0.717) is 40.4 Å². The van der Waals surface area contributed by atoms with E-state index in [9.17, 15) is 18.0 Å². The third kappa shape index (κ3) is 6.07. The number of benzene rings is 1. The SMILES string of the molecule is CCOc1cc2c(nc1C(=O)NC)C(=N)N(CC(=O)c1cc(N(C)C)c(OS(C)(=O)=O)c(C(C)(C)C)c1)C2. The first-order valence-corrected chi connectivity index (χ1v) is 13.9. The van der Waals surface area contributed by atoms with Crippen molar-refractivity contribution in [3.63, 3.8) is 0 Å². The van der Waals surface area contributed by atoms with Gasteiger partial charge in [-0.1, -0.05) is 20.8 Å². The Morgan fingerprint density at radius 1 is 1.21 bits per heavy atom. The van der Waals surface area contributed by atoms with Gasteiger partial charge < -0.3 is 24.0 Å². The van der Waals surface area contributed by atoms with Crippen LogP contribution in [-0.4, -0.2) is 76.4 Å². The molecule has 1 aromatic carbocycles. The van der Waals surface area contributed by atoms with Gasteiger partial charge in [-0.15, -0.1) is 0 Å². The van der Waals surface area contributed by atoms with Gasteiger partial charge in [-0.2, -0.15) is 8.42 Å². The van der Waals surface area contributed by atoms with Crippen molar-refractivity contribution >= 4 is 33.3 Å². The fraction of sp³-hybridized carbons (Fsp3) is 0.462. The number of hydrogen-bond donors (Lipinski definition) is 2. The number of nitrogens with one attached hydrogen (secondary N) is 2. The maximum absolute atomic E-state index is 13.5. The van der Waals surface area contributed by atoms with Gasteiger partial charge in [0.2, 0.25) is 0 Å². The van der Waals surface area contributed by atoms with Gasteiger partial charge in [-0.05, 0) is 30.5 Å². The summed E-state index contributed by atoms with van der Waals surface area (Å²) in [5, 5.41) is 11.2. The quantitative estimate of drug-likeness (QED) is 0.359. The van der Waals surface area contributed by atoms with Crippen LogP contribution in [0.2, 0.25) is 0 Å². The van der Waals surface area contributed by atoms with E-state index in [1.54, 1.807) is 49.0 Å². The lowest BCUT2D eigenvalue weighted by atomic mass is 9.84. The van der Waals surface area contributed by atoms with Crippen LogP contribution in [0.1, 0.15) is 65.4 Å². The first kappa shape index (κ1) is 28.9. The predicted octanol–water partition coefficient (Wildman–Crippen LogP) is 2.57. The molecule has 0 aliphatic carbocycles. The molecule has 206 valence electrons. The summed E-state index contributed by atoms with van der Waals surface area (Å²) in [7, 11) is 1.15. The number of anilines is 1. The smallest absolute Gasteiger partial charge is 0.306 e. The molecule has 1 amide bonds. The fourth-order valence-electron chi connectivity index (χ4n) is 4.14. The van der Waals surface area contributed by atoms with Crippen LogP contribution in [0, 0.1) is 5.41 Å². The third-order valence-electron chi connectivity index (χ3n) is 5.96. The molecule has 2 N–H and O–H groups in total. The Morgan fingerprint density at radius 2 is 1.87 bits per heavy atom. The molecule has 0 bridgehead atoms. The Balaban J connectivity index is 1.99. The molecule has 1 aromatic heterocycles. The molecule has 0 saturated heterocycles. The van der Waals surface area contributed by atoms with E-state index in [4.69, 9.17) is 14.3 Å². The Bertz CT molecular complexity index is 1400. The second-order valence-corrected chi connectivity index (χ2v) is 11.9. The van der Waals surface area contributed by atoms with Crippen LogP contribution in [0.5, 0.6) is 11.5 Å². The fourth-order valence-corrected chi connectivity index (χ4v) is 4.62. The zero-order chi connectivity index (χ0) is 28.6. The third-order valence-corrected chi connectivity index (χ3v) is 6.43. The molecule has 12 heteroatoms. The highest BCUT2D eigenvalue weighted by Gasteiger charge is 2.32. The normalized spacial score (nSPS) is 13.3. The zero-order valence-electron chi connectivity index (χ0n) is 23.1. The van der Waals surface area contributed by atoms with Crippen molar-refractivity contribution in [3.8, 4) is 11.5 Å². The number of nitrogens with zero attached hydrogens (tertiary/aromatic N) is 3. The highest BCUT2D eigenvalue weighted by atomic mass is 32.2. The molecule has 2 heterocycles. The monoisotopic (exact) mass is 545 g/mol. The number of amidine groups is 1. The molecule has 0 atom stereocenters. The van der Waals surface area contributed by atoms with Gasteiger partial charge in [-0.3, -0.25) is 15.0 Å². The molecule has 11 nitrogen and oxygen atoms in total. The first-order chi connectivity index (χ1) is 17.6. The Kier molecular flexibility index (Phi) is 8.06. The molecule has 0 radical (unpaired) electrons. The second-order valence-electron chi connectivity index (χ2n) is 10.3. The van der Waals surface area contributed by atoms with Crippen molar-refractivity contribution in [2.75, 3.05) is 45.5 Å². The maximum Gasteiger partial charge on any atom is 0.306 e. The van der Waals surface area contributed by atoms with E-state index in [2.05, 4.69) is 10.3 Å². The summed E-state index contributed by atoms with van der Waals surface area (Å²) < 4.78 is 35.0. The Morgan fingerprint density at radius 3 is 2.39 bits per heavy atom. The van der Waals surface area contributed by atoms with Gasteiger partial charge in [0.25, 0.3) is 5.91 Å². The van der Waals surface area contributed by atoms with Crippen LogP contribution in [-0.2, 0) is 22.1 Å². The summed E-state index contributed by atoms with van der Waals surface area (Å²) in [4.78, 5) is 33.5. The lowest BCUT2D eigenvalue weighted by Crippen LogP contribution is -2.31. The number of ketones is 1. The van der Waals surface area contributed by atoms with E-state index in [1.807, 2.05) is 20.8 Å². The maximum atomic E-state index is 13.5. The summed E-state index contributed by atoms with van der Waals surface area (Å²) in [6.45, 7) is 8.00. The minimum atomic E-state index is -3.82. The molecule has 0 unspecified atom stereocenters. The lowest BCUT2D eigenvalue weighted by molar-refractivity contribution is 0.0949. The van der Waals surface area contributed by atoms with E-state index in [-0.39, 0.29) is 36.2 Å². The van der Waals surface area contributed by atoms with Crippen molar-refractivity contribution in [2.24, 2.45) is 0 Å². The summed E-state index contributed by atoms with van der Waals surface area (Å²) in [5.74, 6) is -0.169. The van der Waals surface area contributed by atoms with Crippen molar-refractivity contribution in [2.45, 2.75) is 39.7 Å². The molecule has 38 heavy (non-hydrogen) atoms. The van der Waals surface area contributed by atoms with Crippen molar-refractivity contribution in [1.29, 1.82) is 5.41 Å². The topological polar surface area (TPSA) is 142 Å². The predicted molar refractivity (Wildman–Crippen MR) is 145 cm³/mol. The molecule has 0 spiro atoms. The summed E-state index contributed by atoms with van der Waals surface area (Å²) in [6.07, 6.45) is 0.981. The summed E-state index contributed by atoms with van der Waals surface area (Å²) in [5.41, 5.74) is 1.92. The summed E-state index contributed by atoms with van der Waals surface area (Å²) in [6, 6.07) is 4.94. The highest BCUT2D eigenvalue weighted by molar-refractivity contribution is 7.86. The van der Waals surface area contributed by atoms with Gasteiger partial charge in [0.15, 0.2) is 23.0 Å². The zero-order valence-corrected chi connectivity index (χ0v) is 23.9. The second kappa shape index (κ2) is 10.6. The van der Waals surface area contributed by atoms with Crippen molar-refractivity contribution < 1.29 is 26.9 Å². The number of fused-ring (bicyclic) bond motifs is 1. The Hall–Kier alpha value is -3.67.